The first-order chi connectivity index (χ1) is 11.8. The van der Waals surface area contributed by atoms with Crippen molar-refractivity contribution in [1.82, 2.24) is 9.97 Å². The Morgan fingerprint density at radius 2 is 1.80 bits per heavy atom. The predicted octanol–water partition coefficient (Wildman–Crippen LogP) is 3.29. The third kappa shape index (κ3) is 4.72. The second kappa shape index (κ2) is 8.72. The van der Waals surface area contributed by atoms with Crippen molar-refractivity contribution in [3.63, 3.8) is 0 Å². The van der Waals surface area contributed by atoms with Gasteiger partial charge in [-0.05, 0) is 18.1 Å². The van der Waals surface area contributed by atoms with Crippen molar-refractivity contribution >= 4 is 17.7 Å². The van der Waals surface area contributed by atoms with Gasteiger partial charge in [0.15, 0.2) is 11.6 Å². The van der Waals surface area contributed by atoms with Crippen LogP contribution in [0.1, 0.15) is 49.5 Å². The Labute approximate surface area is 146 Å². The van der Waals surface area contributed by atoms with Gasteiger partial charge in [-0.15, -0.1) is 0 Å². The Kier molecular flexibility index (Phi) is 6.98. The number of hydrogen-bond acceptors (Lipinski definition) is 7. The van der Waals surface area contributed by atoms with Gasteiger partial charge in [-0.2, -0.15) is 4.98 Å². The standard InChI is InChI=1S/C15H18N4O4.C2H6/c1-7(2)8-4-10(22-3)9(14(20)21)5-11(8)23-12-6-18-15(17)19-13(12)16;1-2/h4-7H,1-3H3,(H,20,21)(H4,16,17,18,19);1-2H3. The number of aromatic carboxylic acids is 1. The molecule has 8 heteroatoms. The van der Waals surface area contributed by atoms with Crippen molar-refractivity contribution in [2.75, 3.05) is 18.6 Å². The molecule has 0 bridgehead atoms. The van der Waals surface area contributed by atoms with Crippen molar-refractivity contribution in [2.45, 2.75) is 33.6 Å². The predicted molar refractivity (Wildman–Crippen MR) is 96.3 cm³/mol. The first-order valence-corrected chi connectivity index (χ1v) is 7.84. The average molecular weight is 348 g/mol. The van der Waals surface area contributed by atoms with E-state index in [2.05, 4.69) is 9.97 Å². The average Bonchev–Trinajstić information content (AvgIpc) is 2.58. The molecular weight excluding hydrogens is 324 g/mol. The number of ether oxygens (including phenoxy) is 2. The van der Waals surface area contributed by atoms with E-state index < -0.39 is 5.97 Å². The first kappa shape index (κ1) is 20.0. The minimum atomic E-state index is -1.12. The lowest BCUT2D eigenvalue weighted by Crippen LogP contribution is -2.06. The molecule has 0 aliphatic carbocycles. The fraction of sp³-hybridized carbons (Fsp3) is 0.353. The number of rotatable bonds is 5. The molecule has 0 fully saturated rings. The normalized spacial score (nSPS) is 10.0. The Morgan fingerprint density at radius 3 is 2.28 bits per heavy atom. The molecule has 0 radical (unpaired) electrons. The van der Waals surface area contributed by atoms with Gasteiger partial charge in [0.1, 0.15) is 17.1 Å². The summed E-state index contributed by atoms with van der Waals surface area (Å²) in [5.41, 5.74) is 12.0. The Balaban J connectivity index is 0.00000151. The number of nitrogens with zero attached hydrogens (tertiary/aromatic N) is 2. The summed E-state index contributed by atoms with van der Waals surface area (Å²) in [5, 5.41) is 9.31. The van der Waals surface area contributed by atoms with Crippen LogP contribution in [0.25, 0.3) is 0 Å². The monoisotopic (exact) mass is 348 g/mol. The molecular formula is C17H24N4O4. The van der Waals surface area contributed by atoms with Crippen molar-refractivity contribution in [2.24, 2.45) is 0 Å². The second-order valence-electron chi connectivity index (χ2n) is 5.13. The molecule has 8 nitrogen and oxygen atoms in total. The minimum absolute atomic E-state index is 0.0122. The molecule has 0 saturated heterocycles. The maximum absolute atomic E-state index is 11.4. The van der Waals surface area contributed by atoms with Crippen LogP contribution in [0.2, 0.25) is 0 Å². The van der Waals surface area contributed by atoms with Crippen LogP contribution in [0.15, 0.2) is 18.3 Å². The molecule has 2 aromatic rings. The highest BCUT2D eigenvalue weighted by Gasteiger charge is 2.19. The summed E-state index contributed by atoms with van der Waals surface area (Å²) in [5.74, 6) is -0.156. The fourth-order valence-electron chi connectivity index (χ4n) is 2.05. The molecule has 136 valence electrons. The number of aromatic nitrogens is 2. The van der Waals surface area contributed by atoms with E-state index >= 15 is 0 Å². The van der Waals surface area contributed by atoms with Crippen molar-refractivity contribution in [3.8, 4) is 17.2 Å². The maximum Gasteiger partial charge on any atom is 0.339 e. The van der Waals surface area contributed by atoms with E-state index in [0.717, 1.165) is 5.56 Å². The molecule has 0 amide bonds. The summed E-state index contributed by atoms with van der Waals surface area (Å²) in [6, 6.07) is 3.03. The first-order valence-electron chi connectivity index (χ1n) is 7.84. The van der Waals surface area contributed by atoms with Gasteiger partial charge in [-0.1, -0.05) is 27.7 Å². The number of hydrogen-bond donors (Lipinski definition) is 3. The molecule has 1 aromatic carbocycles. The molecule has 0 atom stereocenters. The summed E-state index contributed by atoms with van der Waals surface area (Å²) < 4.78 is 10.9. The number of nitrogens with two attached hydrogens (primary N) is 2. The summed E-state index contributed by atoms with van der Waals surface area (Å²) in [7, 11) is 1.41. The van der Waals surface area contributed by atoms with E-state index in [9.17, 15) is 9.90 Å². The highest BCUT2D eigenvalue weighted by atomic mass is 16.5. The Morgan fingerprint density at radius 1 is 1.16 bits per heavy atom. The maximum atomic E-state index is 11.4. The second-order valence-corrected chi connectivity index (χ2v) is 5.13. The molecule has 0 aliphatic rings. The largest absolute Gasteiger partial charge is 0.496 e. The number of benzene rings is 1. The number of carbonyl (C=O) groups is 1. The van der Waals surface area contributed by atoms with Crippen LogP contribution in [0.4, 0.5) is 11.8 Å². The Bertz CT molecular complexity index is 748. The van der Waals surface area contributed by atoms with Crippen LogP contribution in [0.3, 0.4) is 0 Å². The van der Waals surface area contributed by atoms with Gasteiger partial charge in [0.25, 0.3) is 0 Å². The number of carboxylic acids is 1. The molecule has 0 spiro atoms. The number of nitrogen functional groups attached to an aromatic ring is 2. The topological polar surface area (TPSA) is 134 Å². The van der Waals surface area contributed by atoms with E-state index in [4.69, 9.17) is 20.9 Å². The molecule has 25 heavy (non-hydrogen) atoms. The molecule has 1 heterocycles. The van der Waals surface area contributed by atoms with Gasteiger partial charge in [0.2, 0.25) is 5.95 Å². The van der Waals surface area contributed by atoms with Crippen molar-refractivity contribution < 1.29 is 19.4 Å². The number of methoxy groups -OCH3 is 1. The van der Waals surface area contributed by atoms with Gasteiger partial charge in [-0.3, -0.25) is 0 Å². The SMILES string of the molecule is CC.COc1cc(C(C)C)c(Oc2cnc(N)nc2N)cc1C(=O)O. The zero-order chi connectivity index (χ0) is 19.1. The third-order valence-electron chi connectivity index (χ3n) is 3.21. The van der Waals surface area contributed by atoms with Crippen molar-refractivity contribution in [1.29, 1.82) is 0 Å². The molecule has 0 unspecified atom stereocenters. The van der Waals surface area contributed by atoms with Gasteiger partial charge >= 0.3 is 5.97 Å². The molecule has 5 N–H and O–H groups in total. The van der Waals surface area contributed by atoms with E-state index in [1.807, 2.05) is 27.7 Å². The molecule has 0 aliphatic heterocycles. The van der Waals surface area contributed by atoms with E-state index in [1.54, 1.807) is 6.07 Å². The Hall–Kier alpha value is -3.03. The minimum Gasteiger partial charge on any atom is -0.496 e. The lowest BCUT2D eigenvalue weighted by molar-refractivity contribution is 0.0693. The van der Waals surface area contributed by atoms with E-state index in [0.29, 0.717) is 5.75 Å². The highest BCUT2D eigenvalue weighted by molar-refractivity contribution is 5.91. The van der Waals surface area contributed by atoms with Crippen LogP contribution < -0.4 is 20.9 Å². The lowest BCUT2D eigenvalue weighted by Gasteiger charge is -2.17. The summed E-state index contributed by atoms with van der Waals surface area (Å²) in [6.07, 6.45) is 1.34. The zero-order valence-corrected chi connectivity index (χ0v) is 15.0. The van der Waals surface area contributed by atoms with Crippen LogP contribution in [0, 0.1) is 0 Å². The molecule has 1 aromatic heterocycles. The fourth-order valence-corrected chi connectivity index (χ4v) is 2.05. The smallest absolute Gasteiger partial charge is 0.339 e. The molecule has 2 rings (SSSR count). The summed E-state index contributed by atoms with van der Waals surface area (Å²) in [6.45, 7) is 7.90. The van der Waals surface area contributed by atoms with E-state index in [-0.39, 0.29) is 34.7 Å². The van der Waals surface area contributed by atoms with Gasteiger partial charge in [0.05, 0.1) is 13.3 Å². The quantitative estimate of drug-likeness (QED) is 0.749. The van der Waals surface area contributed by atoms with Crippen LogP contribution >= 0.6 is 0 Å². The number of anilines is 2. The number of carboxylic acid groups (broad SMARTS) is 1. The summed E-state index contributed by atoms with van der Waals surface area (Å²) >= 11 is 0. The van der Waals surface area contributed by atoms with Crippen molar-refractivity contribution in [3.05, 3.63) is 29.5 Å². The third-order valence-corrected chi connectivity index (χ3v) is 3.21. The van der Waals surface area contributed by atoms with Gasteiger partial charge in [-0.25, -0.2) is 9.78 Å². The zero-order valence-electron chi connectivity index (χ0n) is 15.0. The van der Waals surface area contributed by atoms with Crippen LogP contribution in [-0.4, -0.2) is 28.2 Å². The molecule has 0 saturated carbocycles. The highest BCUT2D eigenvalue weighted by Crippen LogP contribution is 2.37. The lowest BCUT2D eigenvalue weighted by atomic mass is 9.99. The summed E-state index contributed by atoms with van der Waals surface area (Å²) in [4.78, 5) is 19.0. The van der Waals surface area contributed by atoms with Crippen LogP contribution in [-0.2, 0) is 0 Å². The van der Waals surface area contributed by atoms with Crippen LogP contribution in [0.5, 0.6) is 17.2 Å². The van der Waals surface area contributed by atoms with E-state index in [1.165, 1.54) is 19.4 Å². The van der Waals surface area contributed by atoms with Gasteiger partial charge < -0.3 is 26.0 Å². The van der Waals surface area contributed by atoms with Gasteiger partial charge in [0, 0.05) is 5.56 Å².